The van der Waals surface area contributed by atoms with Crippen molar-refractivity contribution in [3.63, 3.8) is 0 Å². The Morgan fingerprint density at radius 1 is 0.879 bits per heavy atom. The minimum atomic E-state index is -1.31. The van der Waals surface area contributed by atoms with Gasteiger partial charge in [-0.2, -0.15) is 0 Å². The Hall–Kier alpha value is -3.47. The van der Waals surface area contributed by atoms with E-state index >= 15 is 0 Å². The monoisotopic (exact) mass is 465 g/mol. The maximum absolute atomic E-state index is 11.9. The number of esters is 4. The zero-order valence-corrected chi connectivity index (χ0v) is 19.0. The summed E-state index contributed by atoms with van der Waals surface area (Å²) in [5.41, 5.74) is 0.671. The number of rotatable bonds is 8. The lowest BCUT2D eigenvalue weighted by molar-refractivity contribution is -0.266. The average Bonchev–Trinajstić information content (AvgIpc) is 2.73. The molecule has 0 N–H and O–H groups in total. The molecule has 0 spiro atoms. The number of nitrogens with zero attached hydrogens (tertiary/aromatic N) is 1. The molecule has 1 heterocycles. The molecule has 1 aliphatic rings. The van der Waals surface area contributed by atoms with E-state index < -0.39 is 54.5 Å². The van der Waals surface area contributed by atoms with Crippen LogP contribution in [0, 0.1) is 0 Å². The van der Waals surface area contributed by atoms with Crippen LogP contribution in [0.3, 0.4) is 0 Å². The minimum absolute atomic E-state index is 0.336. The summed E-state index contributed by atoms with van der Waals surface area (Å²) >= 11 is 0. The molecule has 11 heteroatoms. The van der Waals surface area contributed by atoms with Crippen LogP contribution in [0.2, 0.25) is 0 Å². The van der Waals surface area contributed by atoms with E-state index in [0.717, 1.165) is 0 Å². The fourth-order valence-corrected chi connectivity index (χ4v) is 3.17. The van der Waals surface area contributed by atoms with E-state index in [2.05, 4.69) is 4.99 Å². The molecule has 0 radical (unpaired) electrons. The molecule has 0 bridgehead atoms. The van der Waals surface area contributed by atoms with Crippen LogP contribution < -0.4 is 4.74 Å². The second-order valence-electron chi connectivity index (χ2n) is 7.14. The van der Waals surface area contributed by atoms with Gasteiger partial charge < -0.3 is 28.4 Å². The Balaban J connectivity index is 2.45. The fraction of sp³-hybridized carbons (Fsp3) is 0.500. The summed E-state index contributed by atoms with van der Waals surface area (Å²) in [6.07, 6.45) is -3.31. The van der Waals surface area contributed by atoms with E-state index in [-0.39, 0.29) is 6.61 Å². The van der Waals surface area contributed by atoms with Gasteiger partial charge in [-0.1, -0.05) is 0 Å². The normalized spacial score (nSPS) is 24.6. The van der Waals surface area contributed by atoms with Gasteiger partial charge in [0.25, 0.3) is 0 Å². The van der Waals surface area contributed by atoms with Crippen LogP contribution in [-0.2, 0) is 42.9 Å². The predicted octanol–water partition coefficient (Wildman–Crippen LogP) is 1.20. The van der Waals surface area contributed by atoms with Crippen molar-refractivity contribution in [2.75, 3.05) is 13.7 Å². The first kappa shape index (κ1) is 25.8. The Morgan fingerprint density at radius 3 is 1.97 bits per heavy atom. The highest BCUT2D eigenvalue weighted by molar-refractivity contribution is 5.80. The van der Waals surface area contributed by atoms with Crippen LogP contribution in [0.4, 0.5) is 0 Å². The smallest absolute Gasteiger partial charge is 0.305 e. The molecule has 0 saturated carbocycles. The Morgan fingerprint density at radius 2 is 1.45 bits per heavy atom. The first-order valence-electron chi connectivity index (χ1n) is 10.1. The van der Waals surface area contributed by atoms with Gasteiger partial charge in [-0.15, -0.1) is 0 Å². The largest absolute Gasteiger partial charge is 0.497 e. The Labute approximate surface area is 190 Å². The van der Waals surface area contributed by atoms with Crippen molar-refractivity contribution in [2.45, 2.75) is 58.3 Å². The van der Waals surface area contributed by atoms with Crippen LogP contribution in [0.15, 0.2) is 29.3 Å². The van der Waals surface area contributed by atoms with Gasteiger partial charge in [-0.3, -0.25) is 24.2 Å². The number of hydrogen-bond donors (Lipinski definition) is 0. The molecule has 11 nitrogen and oxygen atoms in total. The summed E-state index contributed by atoms with van der Waals surface area (Å²) in [6, 6.07) is 5.84. The topological polar surface area (TPSA) is 136 Å². The molecule has 5 atom stereocenters. The summed E-state index contributed by atoms with van der Waals surface area (Å²) < 4.78 is 32.0. The van der Waals surface area contributed by atoms with Crippen LogP contribution >= 0.6 is 0 Å². The van der Waals surface area contributed by atoms with Crippen molar-refractivity contribution in [1.82, 2.24) is 0 Å². The van der Waals surface area contributed by atoms with E-state index in [1.165, 1.54) is 41.0 Å². The SMILES string of the molecule is COc1ccc(C=N[C@H]2[C@@H](OC(C)=O)O[C@H](COC(C)=O)[C@H](OC(C)=O)[C@@H]2OC(C)=O)cc1. The standard InChI is InChI=1S/C22H27NO10/c1-12(24)29-11-18-20(30-13(2)25)21(31-14(3)26)19(22(33-18)32-15(4)27)23-10-16-6-8-17(28-5)9-7-16/h6-10,18-22H,11H2,1-5H3/t18-,19-,20+,21-,22+/m1/s1. The molecule has 2 rings (SSSR count). The summed E-state index contributed by atoms with van der Waals surface area (Å²) in [6.45, 7) is 4.37. The first-order valence-corrected chi connectivity index (χ1v) is 10.1. The quantitative estimate of drug-likeness (QED) is 0.313. The minimum Gasteiger partial charge on any atom is -0.497 e. The lowest BCUT2D eigenvalue weighted by Gasteiger charge is -2.42. The average molecular weight is 465 g/mol. The van der Waals surface area contributed by atoms with Crippen LogP contribution in [-0.4, -0.2) is 74.5 Å². The zero-order valence-electron chi connectivity index (χ0n) is 19.0. The third-order valence-corrected chi connectivity index (χ3v) is 4.46. The number of carbonyl (C=O) groups excluding carboxylic acids is 4. The van der Waals surface area contributed by atoms with Gasteiger partial charge in [0.05, 0.1) is 7.11 Å². The Bertz CT molecular complexity index is 882. The highest BCUT2D eigenvalue weighted by Gasteiger charge is 2.51. The van der Waals surface area contributed by atoms with Crippen LogP contribution in [0.1, 0.15) is 33.3 Å². The van der Waals surface area contributed by atoms with E-state index in [1.54, 1.807) is 24.3 Å². The van der Waals surface area contributed by atoms with Crippen LogP contribution in [0.5, 0.6) is 5.75 Å². The number of aliphatic imine (C=N–C) groups is 1. The van der Waals surface area contributed by atoms with E-state index in [0.29, 0.717) is 11.3 Å². The maximum Gasteiger partial charge on any atom is 0.305 e. The van der Waals surface area contributed by atoms with Gasteiger partial charge in [0.1, 0.15) is 18.5 Å². The molecule has 0 unspecified atom stereocenters. The first-order chi connectivity index (χ1) is 15.6. The van der Waals surface area contributed by atoms with E-state index in [1.807, 2.05) is 0 Å². The molecule has 180 valence electrons. The van der Waals surface area contributed by atoms with Crippen molar-refractivity contribution in [2.24, 2.45) is 4.99 Å². The molecule has 0 aliphatic carbocycles. The predicted molar refractivity (Wildman–Crippen MR) is 113 cm³/mol. The van der Waals surface area contributed by atoms with Gasteiger partial charge in [-0.25, -0.2) is 0 Å². The van der Waals surface area contributed by atoms with Crippen molar-refractivity contribution in [1.29, 1.82) is 0 Å². The summed E-state index contributed by atoms with van der Waals surface area (Å²) in [5.74, 6) is -2.00. The molecule has 0 amide bonds. The molecule has 0 aromatic heterocycles. The van der Waals surface area contributed by atoms with Crippen molar-refractivity contribution < 1.29 is 47.6 Å². The third-order valence-electron chi connectivity index (χ3n) is 4.46. The second kappa shape index (κ2) is 12.0. The van der Waals surface area contributed by atoms with Gasteiger partial charge in [0.2, 0.25) is 6.29 Å². The lowest BCUT2D eigenvalue weighted by atomic mass is 9.96. The number of benzene rings is 1. The number of hydrogen-bond acceptors (Lipinski definition) is 11. The molecule has 1 aromatic carbocycles. The van der Waals surface area contributed by atoms with Crippen molar-refractivity contribution >= 4 is 30.1 Å². The van der Waals surface area contributed by atoms with Gasteiger partial charge >= 0.3 is 23.9 Å². The van der Waals surface area contributed by atoms with Gasteiger partial charge in [-0.05, 0) is 29.8 Å². The Kier molecular flexibility index (Phi) is 9.34. The zero-order chi connectivity index (χ0) is 24.5. The van der Waals surface area contributed by atoms with Crippen molar-refractivity contribution in [3.8, 4) is 5.75 Å². The number of carbonyl (C=O) groups is 4. The molecule has 33 heavy (non-hydrogen) atoms. The maximum atomic E-state index is 11.9. The highest BCUT2D eigenvalue weighted by atomic mass is 16.7. The lowest BCUT2D eigenvalue weighted by Crippen LogP contribution is -2.61. The van der Waals surface area contributed by atoms with Crippen molar-refractivity contribution in [3.05, 3.63) is 29.8 Å². The fourth-order valence-electron chi connectivity index (χ4n) is 3.17. The molecular weight excluding hydrogens is 438 g/mol. The van der Waals surface area contributed by atoms with E-state index in [4.69, 9.17) is 28.4 Å². The molecular formula is C22H27NO10. The second-order valence-corrected chi connectivity index (χ2v) is 7.14. The van der Waals surface area contributed by atoms with Gasteiger partial charge in [0, 0.05) is 33.9 Å². The highest BCUT2D eigenvalue weighted by Crippen LogP contribution is 2.30. The summed E-state index contributed by atoms with van der Waals surface area (Å²) in [5, 5.41) is 0. The molecule has 1 aliphatic heterocycles. The molecule has 1 aromatic rings. The molecule has 1 fully saturated rings. The van der Waals surface area contributed by atoms with Crippen LogP contribution in [0.25, 0.3) is 0 Å². The van der Waals surface area contributed by atoms with E-state index in [9.17, 15) is 19.2 Å². The summed E-state index contributed by atoms with van der Waals surface area (Å²) in [7, 11) is 1.54. The number of methoxy groups -OCH3 is 1. The van der Waals surface area contributed by atoms with Gasteiger partial charge in [0.15, 0.2) is 18.2 Å². The summed E-state index contributed by atoms with van der Waals surface area (Å²) in [4.78, 5) is 51.1. The number of ether oxygens (including phenoxy) is 6. The third kappa shape index (κ3) is 7.86. The molecule has 1 saturated heterocycles.